The van der Waals surface area contributed by atoms with Gasteiger partial charge in [-0.3, -0.25) is 14.4 Å². The number of ether oxygens (including phenoxy) is 2. The van der Waals surface area contributed by atoms with Crippen LogP contribution in [-0.2, 0) is 14.8 Å². The normalized spacial score (nSPS) is 15.0. The van der Waals surface area contributed by atoms with Gasteiger partial charge in [-0.1, -0.05) is 46.7 Å². The molecule has 0 aliphatic carbocycles. The molecule has 5 rings (SSSR count). The fourth-order valence-electron chi connectivity index (χ4n) is 3.63. The van der Waals surface area contributed by atoms with E-state index in [9.17, 15) is 13.2 Å². The number of hydrogen-bond donors (Lipinski definition) is 1. The van der Waals surface area contributed by atoms with E-state index in [1.54, 1.807) is 42.5 Å². The second kappa shape index (κ2) is 10.2. The number of nitrogens with one attached hydrogen (secondary N) is 1. The molecule has 9 nitrogen and oxygen atoms in total. The number of anilines is 2. The van der Waals surface area contributed by atoms with E-state index in [0.29, 0.717) is 20.8 Å². The topological polar surface area (TPSA) is 111 Å². The van der Waals surface area contributed by atoms with Crippen LogP contribution in [0.3, 0.4) is 0 Å². The molecule has 0 radical (unpaired) electrons. The van der Waals surface area contributed by atoms with Crippen LogP contribution < -0.4 is 19.1 Å². The second-order valence-corrected chi connectivity index (χ2v) is 11.6. The number of amides is 1. The zero-order valence-electron chi connectivity index (χ0n) is 19.1. The predicted octanol–water partition coefficient (Wildman–Crippen LogP) is 5.12. The third-order valence-electron chi connectivity index (χ3n) is 5.48. The van der Waals surface area contributed by atoms with Crippen molar-refractivity contribution in [1.29, 1.82) is 0 Å². The number of hydrogen-bond acceptors (Lipinski definition) is 8. The first kappa shape index (κ1) is 25.3. The van der Waals surface area contributed by atoms with Crippen molar-refractivity contribution < 1.29 is 22.7 Å². The Bertz CT molecular complexity index is 1560. The summed E-state index contributed by atoms with van der Waals surface area (Å²) in [4.78, 5) is 13.2. The molecule has 1 aromatic heterocycles. The average Bonchev–Trinajstić information content (AvgIpc) is 3.36. The lowest BCUT2D eigenvalue weighted by atomic mass is 10.2. The summed E-state index contributed by atoms with van der Waals surface area (Å²) >= 11 is 13.3. The summed E-state index contributed by atoms with van der Waals surface area (Å²) in [6, 6.07) is 17.6. The van der Waals surface area contributed by atoms with Gasteiger partial charge in [0.15, 0.2) is 6.10 Å². The fourth-order valence-corrected chi connectivity index (χ4v) is 6.14. The minimum absolute atomic E-state index is 0.0250. The summed E-state index contributed by atoms with van der Waals surface area (Å²) in [5.41, 5.74) is 1.02. The highest BCUT2D eigenvalue weighted by atomic mass is 35.5. The van der Waals surface area contributed by atoms with Gasteiger partial charge in [0.05, 0.1) is 24.2 Å². The first-order chi connectivity index (χ1) is 17.7. The smallest absolute Gasteiger partial charge is 0.269 e. The Labute approximate surface area is 226 Å². The first-order valence-electron chi connectivity index (χ1n) is 10.8. The summed E-state index contributed by atoms with van der Waals surface area (Å²) in [7, 11) is -2.58. The van der Waals surface area contributed by atoms with Gasteiger partial charge < -0.3 is 9.47 Å². The summed E-state index contributed by atoms with van der Waals surface area (Å²) in [5, 5.41) is 12.5. The Hall–Kier alpha value is -3.38. The molecule has 0 bridgehead atoms. The molecule has 1 amide bonds. The molecular formula is C24H18Cl2N4O5S2. The quantitative estimate of drug-likeness (QED) is 0.339. The fraction of sp³-hybridized carbons (Fsp3) is 0.125. The third-order valence-corrected chi connectivity index (χ3v) is 8.65. The van der Waals surface area contributed by atoms with Crippen LogP contribution in [0.4, 0.5) is 10.8 Å². The zero-order chi connectivity index (χ0) is 26.2. The SMILES string of the molecule is COc1ccc(S(=O)(=O)N2C[C@@H](C(=O)Nc3nnc(-c4ccc(Cl)cc4)s3)Oc3ccc(Cl)cc32)cc1. The summed E-state index contributed by atoms with van der Waals surface area (Å²) in [5.74, 6) is 0.137. The number of fused-ring (bicyclic) bond motifs is 1. The van der Waals surface area contributed by atoms with Crippen LogP contribution in [0.5, 0.6) is 11.5 Å². The summed E-state index contributed by atoms with van der Waals surface area (Å²) in [6.45, 7) is -0.281. The molecule has 2 heterocycles. The molecule has 37 heavy (non-hydrogen) atoms. The molecule has 13 heteroatoms. The Morgan fingerprint density at radius 2 is 1.76 bits per heavy atom. The van der Waals surface area contributed by atoms with Crippen molar-refractivity contribution in [3.05, 3.63) is 76.8 Å². The molecule has 0 saturated carbocycles. The largest absolute Gasteiger partial charge is 0.497 e. The van der Waals surface area contributed by atoms with Crippen molar-refractivity contribution in [1.82, 2.24) is 10.2 Å². The van der Waals surface area contributed by atoms with Crippen molar-refractivity contribution in [2.75, 3.05) is 23.3 Å². The Kier molecular flexibility index (Phi) is 6.95. The van der Waals surface area contributed by atoms with Gasteiger partial charge >= 0.3 is 0 Å². The molecule has 0 unspecified atom stereocenters. The summed E-state index contributed by atoms with van der Waals surface area (Å²) in [6.07, 6.45) is -1.16. The standard InChI is InChI=1S/C24H18Cl2N4O5S2/c1-34-17-7-9-18(10-8-17)37(32,33)30-13-21(35-20-11-6-16(26)12-19(20)30)22(31)27-24-29-28-23(36-24)14-2-4-15(25)5-3-14/h2-12,21H,13H2,1H3,(H,27,29,31)/t21-/m0/s1. The molecule has 1 aliphatic heterocycles. The van der Waals surface area contributed by atoms with E-state index in [-0.39, 0.29) is 28.0 Å². The number of carbonyl (C=O) groups is 1. The van der Waals surface area contributed by atoms with Crippen LogP contribution in [0.2, 0.25) is 10.0 Å². The van der Waals surface area contributed by atoms with E-state index in [4.69, 9.17) is 32.7 Å². The van der Waals surface area contributed by atoms with Crippen LogP contribution in [0.15, 0.2) is 71.6 Å². The van der Waals surface area contributed by atoms with Gasteiger partial charge in [-0.05, 0) is 54.6 Å². The van der Waals surface area contributed by atoms with Crippen molar-refractivity contribution in [3.63, 3.8) is 0 Å². The van der Waals surface area contributed by atoms with E-state index >= 15 is 0 Å². The maximum absolute atomic E-state index is 13.6. The lowest BCUT2D eigenvalue weighted by molar-refractivity contribution is -0.122. The summed E-state index contributed by atoms with van der Waals surface area (Å²) < 4.78 is 39.3. The highest BCUT2D eigenvalue weighted by Crippen LogP contribution is 2.39. The van der Waals surface area contributed by atoms with Gasteiger partial charge in [0.1, 0.15) is 16.5 Å². The molecule has 4 aromatic rings. The van der Waals surface area contributed by atoms with E-state index < -0.39 is 22.0 Å². The van der Waals surface area contributed by atoms with Crippen molar-refractivity contribution in [2.24, 2.45) is 0 Å². The van der Waals surface area contributed by atoms with Gasteiger partial charge in [0, 0.05) is 15.6 Å². The first-order valence-corrected chi connectivity index (χ1v) is 13.8. The van der Waals surface area contributed by atoms with Gasteiger partial charge in [-0.25, -0.2) is 8.42 Å². The Morgan fingerprint density at radius 3 is 2.46 bits per heavy atom. The highest BCUT2D eigenvalue weighted by Gasteiger charge is 2.38. The molecule has 0 spiro atoms. The number of carbonyl (C=O) groups excluding carboxylic acids is 1. The molecule has 0 saturated heterocycles. The highest BCUT2D eigenvalue weighted by molar-refractivity contribution is 7.92. The van der Waals surface area contributed by atoms with Crippen molar-refractivity contribution in [3.8, 4) is 22.1 Å². The molecular weight excluding hydrogens is 559 g/mol. The number of rotatable bonds is 6. The molecule has 1 aliphatic rings. The lowest BCUT2D eigenvalue weighted by Crippen LogP contribution is -2.48. The maximum atomic E-state index is 13.6. The monoisotopic (exact) mass is 576 g/mol. The van der Waals surface area contributed by atoms with Crippen LogP contribution in [0.1, 0.15) is 0 Å². The Morgan fingerprint density at radius 1 is 1.05 bits per heavy atom. The van der Waals surface area contributed by atoms with Gasteiger partial charge in [-0.2, -0.15) is 0 Å². The van der Waals surface area contributed by atoms with Gasteiger partial charge in [0.2, 0.25) is 5.13 Å². The van der Waals surface area contributed by atoms with Crippen LogP contribution in [0.25, 0.3) is 10.6 Å². The molecule has 0 fully saturated rings. The lowest BCUT2D eigenvalue weighted by Gasteiger charge is -2.34. The maximum Gasteiger partial charge on any atom is 0.269 e. The molecule has 1 atom stereocenters. The molecule has 1 N–H and O–H groups in total. The van der Waals surface area contributed by atoms with E-state index in [0.717, 1.165) is 21.2 Å². The number of methoxy groups -OCH3 is 1. The second-order valence-electron chi connectivity index (χ2n) is 7.84. The molecule has 190 valence electrons. The third kappa shape index (κ3) is 5.21. The zero-order valence-corrected chi connectivity index (χ0v) is 22.2. The molecule has 3 aromatic carbocycles. The number of nitrogens with zero attached hydrogens (tertiary/aromatic N) is 3. The van der Waals surface area contributed by atoms with Gasteiger partial charge in [0.25, 0.3) is 15.9 Å². The van der Waals surface area contributed by atoms with Gasteiger partial charge in [-0.15, -0.1) is 10.2 Å². The number of benzene rings is 3. The van der Waals surface area contributed by atoms with Crippen molar-refractivity contribution in [2.45, 2.75) is 11.0 Å². The van der Waals surface area contributed by atoms with E-state index in [2.05, 4.69) is 15.5 Å². The minimum atomic E-state index is -4.07. The van der Waals surface area contributed by atoms with Crippen LogP contribution in [0, 0.1) is 0 Å². The van der Waals surface area contributed by atoms with Crippen LogP contribution >= 0.6 is 34.5 Å². The number of aromatic nitrogens is 2. The minimum Gasteiger partial charge on any atom is -0.497 e. The van der Waals surface area contributed by atoms with Crippen LogP contribution in [-0.4, -0.2) is 44.3 Å². The Balaban J connectivity index is 1.41. The number of halogens is 2. The van der Waals surface area contributed by atoms with E-state index in [1.807, 2.05) is 0 Å². The predicted molar refractivity (Wildman–Crippen MR) is 142 cm³/mol. The van der Waals surface area contributed by atoms with E-state index in [1.165, 1.54) is 31.4 Å². The average molecular weight is 577 g/mol. The van der Waals surface area contributed by atoms with Crippen molar-refractivity contribution >= 4 is 61.3 Å². The number of sulfonamides is 1.